The first-order valence-electron chi connectivity index (χ1n) is 12.6. The van der Waals surface area contributed by atoms with Crippen molar-refractivity contribution in [2.24, 2.45) is 0 Å². The van der Waals surface area contributed by atoms with Gasteiger partial charge in [0.15, 0.2) is 0 Å². The fraction of sp³-hybridized carbons (Fsp3) is 0.577. The van der Waals surface area contributed by atoms with Crippen molar-refractivity contribution in [3.8, 4) is 0 Å². The largest absolute Gasteiger partial charge is 0.444 e. The zero-order valence-corrected chi connectivity index (χ0v) is 20.6. The van der Waals surface area contributed by atoms with Crippen molar-refractivity contribution in [1.29, 1.82) is 0 Å². The molecule has 8 nitrogen and oxygen atoms in total. The predicted molar refractivity (Wildman–Crippen MR) is 135 cm³/mol. The number of anilines is 4. The van der Waals surface area contributed by atoms with Gasteiger partial charge in [-0.25, -0.2) is 9.78 Å². The van der Waals surface area contributed by atoms with Gasteiger partial charge in [0.1, 0.15) is 11.4 Å². The number of piperazine rings is 1. The number of carbonyl (C=O) groups is 1. The number of ether oxygens (including phenoxy) is 1. The van der Waals surface area contributed by atoms with Crippen LogP contribution in [0, 0.1) is 0 Å². The van der Waals surface area contributed by atoms with Crippen LogP contribution in [0.2, 0.25) is 0 Å². The van der Waals surface area contributed by atoms with E-state index in [1.54, 1.807) is 4.90 Å². The maximum absolute atomic E-state index is 12.3. The first-order valence-corrected chi connectivity index (χ1v) is 12.6. The molecule has 1 aliphatic carbocycles. The van der Waals surface area contributed by atoms with Gasteiger partial charge < -0.3 is 24.8 Å². The van der Waals surface area contributed by atoms with E-state index in [-0.39, 0.29) is 6.09 Å². The average molecular weight is 465 g/mol. The van der Waals surface area contributed by atoms with Crippen LogP contribution in [0.25, 0.3) is 0 Å². The number of aromatic nitrogens is 2. The van der Waals surface area contributed by atoms with Crippen molar-refractivity contribution in [2.75, 3.05) is 47.8 Å². The van der Waals surface area contributed by atoms with Gasteiger partial charge in [0, 0.05) is 61.9 Å². The van der Waals surface area contributed by atoms with Gasteiger partial charge in [-0.1, -0.05) is 12.8 Å². The monoisotopic (exact) mass is 464 g/mol. The van der Waals surface area contributed by atoms with Crippen LogP contribution in [0.15, 0.2) is 30.5 Å². The summed E-state index contributed by atoms with van der Waals surface area (Å²) in [5.41, 5.74) is 2.92. The highest BCUT2D eigenvalue weighted by Crippen LogP contribution is 2.34. The molecule has 34 heavy (non-hydrogen) atoms. The summed E-state index contributed by atoms with van der Waals surface area (Å²) in [7, 11) is 0. The van der Waals surface area contributed by atoms with Crippen molar-refractivity contribution >= 4 is 29.2 Å². The number of nitrogens with zero attached hydrogens (tertiary/aromatic N) is 5. The standard InChI is InChI=1S/C26H36N6O2/c1-26(2,3)34-25(33)31-16-14-30(15-17-31)21-10-8-20(9-11-21)28-24-27-18-19-12-13-32(23(19)29-24)22-6-4-5-7-22/h8-11,18,22H,4-7,12-17H2,1-3H3,(H,27,28,29). The molecular formula is C26H36N6O2. The van der Waals surface area contributed by atoms with Crippen molar-refractivity contribution in [2.45, 2.75) is 64.5 Å². The highest BCUT2D eigenvalue weighted by atomic mass is 16.6. The van der Waals surface area contributed by atoms with E-state index in [2.05, 4.69) is 44.4 Å². The Bertz CT molecular complexity index is 1000. The molecular weight excluding hydrogens is 428 g/mol. The topological polar surface area (TPSA) is 73.8 Å². The number of amides is 1. The van der Waals surface area contributed by atoms with Gasteiger partial charge in [0.2, 0.25) is 5.95 Å². The van der Waals surface area contributed by atoms with E-state index in [0.717, 1.165) is 43.2 Å². The molecule has 2 fully saturated rings. The Labute approximate surface area is 202 Å². The minimum Gasteiger partial charge on any atom is -0.444 e. The van der Waals surface area contributed by atoms with E-state index in [4.69, 9.17) is 9.72 Å². The summed E-state index contributed by atoms with van der Waals surface area (Å²) in [6, 6.07) is 9.01. The van der Waals surface area contributed by atoms with Crippen LogP contribution in [-0.4, -0.2) is 65.3 Å². The van der Waals surface area contributed by atoms with Crippen molar-refractivity contribution in [3.63, 3.8) is 0 Å². The molecule has 1 N–H and O–H groups in total. The van der Waals surface area contributed by atoms with E-state index in [0.29, 0.717) is 25.1 Å². The van der Waals surface area contributed by atoms with Crippen LogP contribution in [0.4, 0.5) is 27.9 Å². The lowest BCUT2D eigenvalue weighted by Crippen LogP contribution is -2.50. The van der Waals surface area contributed by atoms with Gasteiger partial charge in [-0.15, -0.1) is 0 Å². The summed E-state index contributed by atoms with van der Waals surface area (Å²) in [5, 5.41) is 3.38. The van der Waals surface area contributed by atoms with Crippen LogP contribution in [0.3, 0.4) is 0 Å². The molecule has 5 rings (SSSR count). The molecule has 8 heteroatoms. The molecule has 0 unspecified atom stereocenters. The lowest BCUT2D eigenvalue weighted by atomic mass is 10.2. The van der Waals surface area contributed by atoms with E-state index >= 15 is 0 Å². The first kappa shape index (κ1) is 22.7. The highest BCUT2D eigenvalue weighted by Gasteiger charge is 2.30. The van der Waals surface area contributed by atoms with Crippen LogP contribution in [-0.2, 0) is 11.2 Å². The number of hydrogen-bond donors (Lipinski definition) is 1. The second kappa shape index (κ2) is 9.31. The Balaban J connectivity index is 1.18. The van der Waals surface area contributed by atoms with E-state index in [1.807, 2.05) is 27.0 Å². The minimum atomic E-state index is -0.464. The molecule has 182 valence electrons. The predicted octanol–water partition coefficient (Wildman–Crippen LogP) is 4.58. The molecule has 0 spiro atoms. The second-order valence-electron chi connectivity index (χ2n) is 10.6. The highest BCUT2D eigenvalue weighted by molar-refractivity contribution is 5.69. The number of carbonyl (C=O) groups excluding carboxylic acids is 1. The van der Waals surface area contributed by atoms with Crippen LogP contribution >= 0.6 is 0 Å². The van der Waals surface area contributed by atoms with Crippen LogP contribution < -0.4 is 15.1 Å². The zero-order chi connectivity index (χ0) is 23.7. The fourth-order valence-electron chi connectivity index (χ4n) is 5.16. The Morgan fingerprint density at radius 2 is 1.74 bits per heavy atom. The third kappa shape index (κ3) is 5.05. The summed E-state index contributed by atoms with van der Waals surface area (Å²) in [6.45, 7) is 9.66. The molecule has 2 aromatic rings. The second-order valence-corrected chi connectivity index (χ2v) is 10.6. The normalized spacial score (nSPS) is 18.9. The van der Waals surface area contributed by atoms with Crippen LogP contribution in [0.5, 0.6) is 0 Å². The Hall–Kier alpha value is -3.03. The Morgan fingerprint density at radius 3 is 2.41 bits per heavy atom. The summed E-state index contributed by atoms with van der Waals surface area (Å²) in [6.07, 6.45) is 8.01. The van der Waals surface area contributed by atoms with E-state index < -0.39 is 5.60 Å². The first-order chi connectivity index (χ1) is 16.4. The smallest absolute Gasteiger partial charge is 0.410 e. The van der Waals surface area contributed by atoms with E-state index in [1.165, 1.54) is 31.2 Å². The van der Waals surface area contributed by atoms with Gasteiger partial charge >= 0.3 is 6.09 Å². The quantitative estimate of drug-likeness (QED) is 0.710. The molecule has 1 aromatic heterocycles. The Morgan fingerprint density at radius 1 is 1.03 bits per heavy atom. The van der Waals surface area contributed by atoms with Gasteiger partial charge in [0.25, 0.3) is 0 Å². The summed E-state index contributed by atoms with van der Waals surface area (Å²) in [4.78, 5) is 28.3. The molecule has 0 bridgehead atoms. The number of benzene rings is 1. The molecule has 1 saturated heterocycles. The number of nitrogens with one attached hydrogen (secondary N) is 1. The van der Waals surface area contributed by atoms with Crippen molar-refractivity contribution < 1.29 is 9.53 Å². The van der Waals surface area contributed by atoms with Crippen LogP contribution in [0.1, 0.15) is 52.0 Å². The number of rotatable bonds is 4. The maximum atomic E-state index is 12.3. The van der Waals surface area contributed by atoms with Gasteiger partial charge in [-0.05, 0) is 64.3 Å². The fourth-order valence-corrected chi connectivity index (χ4v) is 5.16. The lowest BCUT2D eigenvalue weighted by molar-refractivity contribution is 0.0240. The SMILES string of the molecule is CC(C)(C)OC(=O)N1CCN(c2ccc(Nc3ncc4c(n3)N(C3CCCC3)CC4)cc2)CC1. The molecule has 0 radical (unpaired) electrons. The van der Waals surface area contributed by atoms with Crippen molar-refractivity contribution in [1.82, 2.24) is 14.9 Å². The lowest BCUT2D eigenvalue weighted by Gasteiger charge is -2.36. The zero-order valence-electron chi connectivity index (χ0n) is 20.6. The van der Waals surface area contributed by atoms with E-state index in [9.17, 15) is 4.79 Å². The van der Waals surface area contributed by atoms with Gasteiger partial charge in [-0.3, -0.25) is 0 Å². The molecule has 1 saturated carbocycles. The summed E-state index contributed by atoms with van der Waals surface area (Å²) in [5.74, 6) is 1.77. The summed E-state index contributed by atoms with van der Waals surface area (Å²) >= 11 is 0. The average Bonchev–Trinajstić information content (AvgIpc) is 3.48. The maximum Gasteiger partial charge on any atom is 0.410 e. The third-order valence-corrected chi connectivity index (χ3v) is 6.92. The minimum absolute atomic E-state index is 0.229. The molecule has 1 amide bonds. The molecule has 1 aromatic carbocycles. The molecule has 3 aliphatic rings. The van der Waals surface area contributed by atoms with Crippen molar-refractivity contribution in [3.05, 3.63) is 36.0 Å². The van der Waals surface area contributed by atoms with Gasteiger partial charge in [0.05, 0.1) is 0 Å². The van der Waals surface area contributed by atoms with Gasteiger partial charge in [-0.2, -0.15) is 4.98 Å². The number of fused-ring (bicyclic) bond motifs is 1. The molecule has 0 atom stereocenters. The Kier molecular flexibility index (Phi) is 6.23. The number of hydrogen-bond acceptors (Lipinski definition) is 7. The summed E-state index contributed by atoms with van der Waals surface area (Å²) < 4.78 is 5.50. The third-order valence-electron chi connectivity index (χ3n) is 6.92. The molecule has 2 aliphatic heterocycles. The molecule has 3 heterocycles.